The molecule has 2 N–H and O–H groups in total. The molecule has 0 spiro atoms. The first-order valence-corrected chi connectivity index (χ1v) is 11.8. The largest absolute Gasteiger partial charge is 0.347 e. The van der Waals surface area contributed by atoms with Crippen LogP contribution in [0.5, 0.6) is 0 Å². The lowest BCUT2D eigenvalue weighted by Gasteiger charge is -2.35. The predicted octanol–water partition coefficient (Wildman–Crippen LogP) is -0.323. The molecule has 3 heterocycles. The summed E-state index contributed by atoms with van der Waals surface area (Å²) in [6.45, 7) is 6.27. The van der Waals surface area contributed by atoms with Crippen molar-refractivity contribution in [3.8, 4) is 0 Å². The van der Waals surface area contributed by atoms with E-state index in [0.717, 1.165) is 29.9 Å². The van der Waals surface area contributed by atoms with Gasteiger partial charge < -0.3 is 15.1 Å². The van der Waals surface area contributed by atoms with E-state index in [0.29, 0.717) is 50.5 Å². The maximum atomic E-state index is 12.6. The van der Waals surface area contributed by atoms with Crippen LogP contribution in [0.4, 0.5) is 5.95 Å². The minimum absolute atomic E-state index is 0.0590. The van der Waals surface area contributed by atoms with E-state index in [1.54, 1.807) is 4.90 Å². The highest BCUT2D eigenvalue weighted by molar-refractivity contribution is 5.84. The van der Waals surface area contributed by atoms with Crippen LogP contribution in [0.15, 0.2) is 15.7 Å². The van der Waals surface area contributed by atoms with Gasteiger partial charge in [-0.15, -0.1) is 0 Å². The van der Waals surface area contributed by atoms with Gasteiger partial charge in [0.15, 0.2) is 0 Å². The third-order valence-electron chi connectivity index (χ3n) is 6.39. The molecule has 34 heavy (non-hydrogen) atoms. The fourth-order valence-electron chi connectivity index (χ4n) is 4.62. The summed E-state index contributed by atoms with van der Waals surface area (Å²) in [6, 6.07) is 1.92. The van der Waals surface area contributed by atoms with Crippen molar-refractivity contribution >= 4 is 17.8 Å². The fraction of sp³-hybridized carbons (Fsp3) is 0.565. The Labute approximate surface area is 197 Å². The number of piperazine rings is 1. The number of carbonyl (C=O) groups excluding carboxylic acids is 2. The Morgan fingerprint density at radius 2 is 1.71 bits per heavy atom. The Bertz CT molecular complexity index is 1170. The molecule has 2 aromatic rings. The second-order valence-corrected chi connectivity index (χ2v) is 8.89. The summed E-state index contributed by atoms with van der Waals surface area (Å²) in [5, 5.41) is 2.66. The number of aromatic nitrogens is 4. The van der Waals surface area contributed by atoms with Gasteiger partial charge in [-0.05, 0) is 45.6 Å². The van der Waals surface area contributed by atoms with Crippen molar-refractivity contribution in [1.29, 1.82) is 0 Å². The maximum absolute atomic E-state index is 12.6. The van der Waals surface area contributed by atoms with Gasteiger partial charge in [0.25, 0.3) is 5.56 Å². The van der Waals surface area contributed by atoms with Crippen LogP contribution in [0.2, 0.25) is 0 Å². The molecule has 11 nitrogen and oxygen atoms in total. The monoisotopic (exact) mass is 469 g/mol. The minimum Gasteiger partial charge on any atom is -0.347 e. The van der Waals surface area contributed by atoms with Gasteiger partial charge in [-0.2, -0.15) is 0 Å². The molecule has 2 aliphatic rings. The number of nitrogens with zero attached hydrogens (tertiary/aromatic N) is 5. The van der Waals surface area contributed by atoms with Gasteiger partial charge in [0.1, 0.15) is 0 Å². The number of nitrogens with one attached hydrogen (secondary N) is 2. The SMILES string of the molecule is Cc1cc(C)nc(N2CCN(C(=O)CNC(=O)CCn3c4c(c(=O)[nH]c3=O)CCCC4)CC2)n1. The molecule has 1 aliphatic carbocycles. The first-order chi connectivity index (χ1) is 16.3. The van der Waals surface area contributed by atoms with Crippen molar-refractivity contribution in [1.82, 2.24) is 29.7 Å². The summed E-state index contributed by atoms with van der Waals surface area (Å²) >= 11 is 0. The van der Waals surface area contributed by atoms with Crippen LogP contribution >= 0.6 is 0 Å². The number of aryl methyl sites for hydroxylation is 2. The standard InChI is InChI=1S/C23H31N7O4/c1-15-13-16(2)26-22(25-15)29-11-9-28(10-12-29)20(32)14-24-19(31)7-8-30-18-6-4-3-5-17(18)21(33)27-23(30)34/h13H,3-12,14H2,1-2H3,(H,24,31)(H,27,33,34). The summed E-state index contributed by atoms with van der Waals surface area (Å²) < 4.78 is 1.49. The van der Waals surface area contributed by atoms with E-state index >= 15 is 0 Å². The Morgan fingerprint density at radius 1 is 1.03 bits per heavy atom. The first-order valence-electron chi connectivity index (χ1n) is 11.8. The maximum Gasteiger partial charge on any atom is 0.328 e. The molecule has 0 aromatic carbocycles. The Hall–Kier alpha value is -3.50. The number of hydrogen-bond acceptors (Lipinski definition) is 7. The topological polar surface area (TPSA) is 133 Å². The van der Waals surface area contributed by atoms with E-state index in [1.165, 1.54) is 4.57 Å². The molecule has 182 valence electrons. The second-order valence-electron chi connectivity index (χ2n) is 8.89. The Balaban J connectivity index is 1.25. The highest BCUT2D eigenvalue weighted by Gasteiger charge is 2.23. The molecule has 0 radical (unpaired) electrons. The smallest absolute Gasteiger partial charge is 0.328 e. The van der Waals surface area contributed by atoms with E-state index in [1.807, 2.05) is 19.9 Å². The molecule has 2 aromatic heterocycles. The molecule has 2 amide bonds. The zero-order valence-electron chi connectivity index (χ0n) is 19.7. The van der Waals surface area contributed by atoms with Crippen LogP contribution in [-0.2, 0) is 29.0 Å². The zero-order chi connectivity index (χ0) is 24.2. The van der Waals surface area contributed by atoms with Crippen LogP contribution in [0.3, 0.4) is 0 Å². The molecule has 1 fully saturated rings. The van der Waals surface area contributed by atoms with Crippen molar-refractivity contribution in [3.63, 3.8) is 0 Å². The lowest BCUT2D eigenvalue weighted by atomic mass is 9.97. The predicted molar refractivity (Wildman–Crippen MR) is 126 cm³/mol. The van der Waals surface area contributed by atoms with Crippen molar-refractivity contribution in [2.75, 3.05) is 37.6 Å². The van der Waals surface area contributed by atoms with Crippen LogP contribution in [0.25, 0.3) is 0 Å². The first kappa shape index (κ1) is 23.7. The summed E-state index contributed by atoms with van der Waals surface area (Å²) in [6.07, 6.45) is 3.20. The molecule has 4 rings (SSSR count). The quantitative estimate of drug-likeness (QED) is 0.592. The van der Waals surface area contributed by atoms with Crippen molar-refractivity contribution in [3.05, 3.63) is 49.5 Å². The van der Waals surface area contributed by atoms with E-state index < -0.39 is 5.69 Å². The van der Waals surface area contributed by atoms with Crippen LogP contribution in [0.1, 0.15) is 41.9 Å². The van der Waals surface area contributed by atoms with Crippen molar-refractivity contribution in [2.45, 2.75) is 52.5 Å². The second kappa shape index (κ2) is 10.2. The molecular weight excluding hydrogens is 438 g/mol. The van der Waals surface area contributed by atoms with Crippen LogP contribution in [0, 0.1) is 13.8 Å². The molecular formula is C23H31N7O4. The number of fused-ring (bicyclic) bond motifs is 1. The minimum atomic E-state index is -0.486. The molecule has 11 heteroatoms. The lowest BCUT2D eigenvalue weighted by molar-refractivity contribution is -0.133. The highest BCUT2D eigenvalue weighted by atomic mass is 16.2. The molecule has 1 saturated heterocycles. The summed E-state index contributed by atoms with van der Waals surface area (Å²) in [5.74, 6) is 0.226. The van der Waals surface area contributed by atoms with E-state index in [-0.39, 0.29) is 36.9 Å². The Morgan fingerprint density at radius 3 is 2.41 bits per heavy atom. The normalized spacial score (nSPS) is 15.7. The number of aromatic amines is 1. The number of H-pyrrole nitrogens is 1. The third-order valence-corrected chi connectivity index (χ3v) is 6.39. The van der Waals surface area contributed by atoms with Gasteiger partial charge in [-0.25, -0.2) is 14.8 Å². The summed E-state index contributed by atoms with van der Waals surface area (Å²) in [7, 11) is 0. The van der Waals surface area contributed by atoms with Gasteiger partial charge in [-0.1, -0.05) is 0 Å². The Kier molecular flexibility index (Phi) is 7.09. The van der Waals surface area contributed by atoms with E-state index in [2.05, 4.69) is 25.2 Å². The molecule has 1 aliphatic heterocycles. The zero-order valence-corrected chi connectivity index (χ0v) is 19.7. The van der Waals surface area contributed by atoms with Crippen molar-refractivity contribution in [2.24, 2.45) is 0 Å². The molecule has 0 unspecified atom stereocenters. The van der Waals surface area contributed by atoms with E-state index in [4.69, 9.17) is 0 Å². The summed E-state index contributed by atoms with van der Waals surface area (Å²) in [5.41, 5.74) is 2.39. The van der Waals surface area contributed by atoms with Gasteiger partial charge in [-0.3, -0.25) is 23.9 Å². The number of amides is 2. The lowest BCUT2D eigenvalue weighted by Crippen LogP contribution is -2.51. The fourth-order valence-corrected chi connectivity index (χ4v) is 4.62. The van der Waals surface area contributed by atoms with Gasteiger partial charge in [0.2, 0.25) is 17.8 Å². The van der Waals surface area contributed by atoms with E-state index in [9.17, 15) is 19.2 Å². The number of rotatable bonds is 6. The number of hydrogen-bond donors (Lipinski definition) is 2. The van der Waals surface area contributed by atoms with Gasteiger partial charge >= 0.3 is 5.69 Å². The van der Waals surface area contributed by atoms with Crippen LogP contribution < -0.4 is 21.5 Å². The van der Waals surface area contributed by atoms with Crippen molar-refractivity contribution < 1.29 is 9.59 Å². The number of anilines is 1. The van der Waals surface area contributed by atoms with Crippen LogP contribution in [-0.4, -0.2) is 69.0 Å². The average molecular weight is 470 g/mol. The average Bonchev–Trinajstić information content (AvgIpc) is 2.82. The molecule has 0 atom stereocenters. The van der Waals surface area contributed by atoms with Gasteiger partial charge in [0.05, 0.1) is 6.54 Å². The molecule has 0 saturated carbocycles. The third kappa shape index (κ3) is 5.35. The number of carbonyl (C=O) groups is 2. The van der Waals surface area contributed by atoms with Gasteiger partial charge in [0, 0.05) is 61.8 Å². The summed E-state index contributed by atoms with van der Waals surface area (Å²) in [4.78, 5) is 64.3. The molecule has 0 bridgehead atoms. The highest BCUT2D eigenvalue weighted by Crippen LogP contribution is 2.16.